The molecule has 1 N–H and O–H groups in total. The summed E-state index contributed by atoms with van der Waals surface area (Å²) in [5.41, 5.74) is 0.757. The summed E-state index contributed by atoms with van der Waals surface area (Å²) in [6.07, 6.45) is 1.63. The maximum absolute atomic E-state index is 11.4. The Morgan fingerprint density at radius 3 is 3.06 bits per heavy atom. The minimum absolute atomic E-state index is 0.123. The molecule has 94 valence electrons. The number of hydrogen-bond donors (Lipinski definition) is 1. The highest BCUT2D eigenvalue weighted by Gasteiger charge is 2.04. The molecule has 2 rings (SSSR count). The topological polar surface area (TPSA) is 63.6 Å². The van der Waals surface area contributed by atoms with Gasteiger partial charge in [-0.2, -0.15) is 0 Å². The lowest BCUT2D eigenvalue weighted by molar-refractivity contribution is -0.120. The van der Waals surface area contributed by atoms with Gasteiger partial charge in [0.05, 0.1) is 10.6 Å². The number of thiophene rings is 1. The van der Waals surface area contributed by atoms with Crippen LogP contribution in [0.2, 0.25) is 0 Å². The quantitative estimate of drug-likeness (QED) is 0.676. The summed E-state index contributed by atoms with van der Waals surface area (Å²) in [6.45, 7) is 1.72. The van der Waals surface area contributed by atoms with Gasteiger partial charge < -0.3 is 4.84 Å². The monoisotopic (exact) mass is 281 g/mol. The summed E-state index contributed by atoms with van der Waals surface area (Å²) in [7, 11) is 0. The van der Waals surface area contributed by atoms with Crippen LogP contribution in [0.25, 0.3) is 0 Å². The van der Waals surface area contributed by atoms with Crippen molar-refractivity contribution in [1.29, 1.82) is 0 Å². The van der Waals surface area contributed by atoms with Crippen molar-refractivity contribution in [2.75, 3.05) is 11.9 Å². The molecule has 0 saturated carbocycles. The number of aromatic nitrogens is 1. The van der Waals surface area contributed by atoms with Crippen molar-refractivity contribution in [2.24, 2.45) is 5.16 Å². The van der Waals surface area contributed by atoms with E-state index in [9.17, 15) is 4.79 Å². The van der Waals surface area contributed by atoms with Crippen molar-refractivity contribution in [3.05, 3.63) is 34.0 Å². The van der Waals surface area contributed by atoms with E-state index in [4.69, 9.17) is 4.84 Å². The van der Waals surface area contributed by atoms with Crippen LogP contribution in [0.1, 0.15) is 11.8 Å². The largest absolute Gasteiger partial charge is 0.385 e. The summed E-state index contributed by atoms with van der Waals surface area (Å²) in [5.74, 6) is -0.271. The second kappa shape index (κ2) is 6.27. The maximum atomic E-state index is 11.4. The summed E-state index contributed by atoms with van der Waals surface area (Å²) in [5, 5.41) is 10.8. The molecule has 18 heavy (non-hydrogen) atoms. The van der Waals surface area contributed by atoms with E-state index in [0.717, 1.165) is 10.6 Å². The molecule has 0 unspecified atom stereocenters. The van der Waals surface area contributed by atoms with Crippen LogP contribution < -0.4 is 5.32 Å². The minimum atomic E-state index is -0.271. The molecule has 0 radical (unpaired) electrons. The number of hydrogen-bond acceptors (Lipinski definition) is 6. The van der Waals surface area contributed by atoms with Crippen molar-refractivity contribution in [1.82, 2.24) is 4.98 Å². The number of anilines is 1. The molecule has 0 fully saturated rings. The maximum Gasteiger partial charge on any atom is 0.266 e. The highest BCUT2D eigenvalue weighted by Crippen LogP contribution is 2.11. The normalized spacial score (nSPS) is 11.3. The molecule has 0 spiro atoms. The second-order valence-electron chi connectivity index (χ2n) is 3.31. The lowest BCUT2D eigenvalue weighted by Crippen LogP contribution is -2.17. The molecule has 0 atom stereocenters. The van der Waals surface area contributed by atoms with Crippen LogP contribution in [0.5, 0.6) is 0 Å². The SMILES string of the molecule is CC(=NOCC(=O)Nc1nccs1)c1cccs1. The predicted molar refractivity (Wildman–Crippen MR) is 73.2 cm³/mol. The molecule has 2 aromatic heterocycles. The summed E-state index contributed by atoms with van der Waals surface area (Å²) in [6, 6.07) is 3.89. The molecule has 0 aliphatic rings. The summed E-state index contributed by atoms with van der Waals surface area (Å²) in [4.78, 5) is 21.4. The molecule has 5 nitrogen and oxygen atoms in total. The molecule has 1 amide bonds. The van der Waals surface area contributed by atoms with E-state index in [1.165, 1.54) is 11.3 Å². The Balaban J connectivity index is 1.78. The average Bonchev–Trinajstić information content (AvgIpc) is 3.00. The number of oxime groups is 1. The van der Waals surface area contributed by atoms with Gasteiger partial charge in [0.1, 0.15) is 0 Å². The van der Waals surface area contributed by atoms with Crippen molar-refractivity contribution in [2.45, 2.75) is 6.92 Å². The zero-order valence-electron chi connectivity index (χ0n) is 9.62. The zero-order valence-corrected chi connectivity index (χ0v) is 11.3. The first-order chi connectivity index (χ1) is 8.75. The predicted octanol–water partition coefficient (Wildman–Crippen LogP) is 2.58. The van der Waals surface area contributed by atoms with Gasteiger partial charge in [0.25, 0.3) is 5.91 Å². The lowest BCUT2D eigenvalue weighted by Gasteiger charge is -2.01. The number of nitrogens with one attached hydrogen (secondary N) is 1. The summed E-state index contributed by atoms with van der Waals surface area (Å²) < 4.78 is 0. The van der Waals surface area contributed by atoms with Crippen LogP contribution in [0.3, 0.4) is 0 Å². The van der Waals surface area contributed by atoms with Gasteiger partial charge in [-0.1, -0.05) is 11.2 Å². The molecule has 2 aromatic rings. The fourth-order valence-electron chi connectivity index (χ4n) is 1.16. The Morgan fingerprint density at radius 2 is 2.39 bits per heavy atom. The van der Waals surface area contributed by atoms with Crippen LogP contribution >= 0.6 is 22.7 Å². The van der Waals surface area contributed by atoms with Gasteiger partial charge in [-0.15, -0.1) is 22.7 Å². The summed E-state index contributed by atoms with van der Waals surface area (Å²) >= 11 is 2.93. The van der Waals surface area contributed by atoms with Crippen LogP contribution in [0.4, 0.5) is 5.13 Å². The zero-order chi connectivity index (χ0) is 12.8. The molecule has 0 aliphatic carbocycles. The number of thiazole rings is 1. The lowest BCUT2D eigenvalue weighted by atomic mass is 10.3. The molecule has 0 aliphatic heterocycles. The first kappa shape index (κ1) is 12.7. The molecular formula is C11H11N3O2S2. The van der Waals surface area contributed by atoms with Crippen molar-refractivity contribution < 1.29 is 9.63 Å². The fourth-order valence-corrected chi connectivity index (χ4v) is 2.37. The Labute approximate surface area is 112 Å². The van der Waals surface area contributed by atoms with E-state index < -0.39 is 0 Å². The van der Waals surface area contributed by atoms with E-state index in [1.54, 1.807) is 22.9 Å². The van der Waals surface area contributed by atoms with Crippen molar-refractivity contribution in [3.8, 4) is 0 Å². The minimum Gasteiger partial charge on any atom is -0.385 e. The highest BCUT2D eigenvalue weighted by atomic mass is 32.1. The van der Waals surface area contributed by atoms with Gasteiger partial charge in [-0.05, 0) is 18.4 Å². The van der Waals surface area contributed by atoms with Gasteiger partial charge in [0.2, 0.25) is 0 Å². The molecule has 0 saturated heterocycles. The Bertz CT molecular complexity index is 520. The number of carbonyl (C=O) groups is 1. The highest BCUT2D eigenvalue weighted by molar-refractivity contribution is 7.13. The number of rotatable bonds is 5. The third-order valence-electron chi connectivity index (χ3n) is 1.95. The van der Waals surface area contributed by atoms with Gasteiger partial charge in [-0.25, -0.2) is 4.98 Å². The van der Waals surface area contributed by atoms with E-state index in [2.05, 4.69) is 15.5 Å². The third kappa shape index (κ3) is 3.64. The van der Waals surface area contributed by atoms with Gasteiger partial charge in [0.15, 0.2) is 11.7 Å². The molecule has 0 aromatic carbocycles. The molecule has 2 heterocycles. The second-order valence-corrected chi connectivity index (χ2v) is 5.16. The number of carbonyl (C=O) groups excluding carboxylic acids is 1. The Morgan fingerprint density at radius 1 is 1.50 bits per heavy atom. The van der Waals surface area contributed by atoms with E-state index in [1.807, 2.05) is 24.4 Å². The first-order valence-electron chi connectivity index (χ1n) is 5.15. The van der Waals surface area contributed by atoms with E-state index in [0.29, 0.717) is 5.13 Å². The van der Waals surface area contributed by atoms with Crippen molar-refractivity contribution in [3.63, 3.8) is 0 Å². The van der Waals surface area contributed by atoms with E-state index in [-0.39, 0.29) is 12.5 Å². The molecule has 7 heteroatoms. The average molecular weight is 281 g/mol. The molecular weight excluding hydrogens is 270 g/mol. The van der Waals surface area contributed by atoms with Crippen LogP contribution in [-0.4, -0.2) is 23.2 Å². The van der Waals surface area contributed by atoms with E-state index >= 15 is 0 Å². The van der Waals surface area contributed by atoms with Gasteiger partial charge in [-0.3, -0.25) is 10.1 Å². The Kier molecular flexibility index (Phi) is 4.43. The van der Waals surface area contributed by atoms with Crippen LogP contribution in [0, 0.1) is 0 Å². The van der Waals surface area contributed by atoms with Gasteiger partial charge >= 0.3 is 0 Å². The van der Waals surface area contributed by atoms with Crippen LogP contribution in [0.15, 0.2) is 34.2 Å². The first-order valence-corrected chi connectivity index (χ1v) is 6.91. The number of amides is 1. The fraction of sp³-hybridized carbons (Fsp3) is 0.182. The Hall–Kier alpha value is -1.73. The standard InChI is InChI=1S/C11H11N3O2S2/c1-8(9-3-2-5-17-9)14-16-7-10(15)13-11-12-4-6-18-11/h2-6H,7H2,1H3,(H,12,13,15). The molecule has 0 bridgehead atoms. The number of nitrogens with zero attached hydrogens (tertiary/aromatic N) is 2. The third-order valence-corrected chi connectivity index (χ3v) is 3.62. The van der Waals surface area contributed by atoms with Gasteiger partial charge in [0, 0.05) is 11.6 Å². The smallest absolute Gasteiger partial charge is 0.266 e. The van der Waals surface area contributed by atoms with Crippen LogP contribution in [-0.2, 0) is 9.63 Å². The van der Waals surface area contributed by atoms with Crippen molar-refractivity contribution >= 4 is 39.4 Å².